The Bertz CT molecular complexity index is 233. The topological polar surface area (TPSA) is 55.6 Å². The fraction of sp³-hybridized carbons (Fsp3) is 0.917. The summed E-state index contributed by atoms with van der Waals surface area (Å²) in [6, 6.07) is 0.265. The van der Waals surface area contributed by atoms with Gasteiger partial charge in [-0.05, 0) is 46.2 Å². The van der Waals surface area contributed by atoms with E-state index in [1.54, 1.807) is 0 Å². The second-order valence-electron chi connectivity index (χ2n) is 4.59. The molecule has 2 N–H and O–H groups in total. The fourth-order valence-corrected chi connectivity index (χ4v) is 2.54. The predicted octanol–water partition coefficient (Wildman–Crippen LogP) is 0.997. The van der Waals surface area contributed by atoms with Crippen LogP contribution in [0.2, 0.25) is 0 Å². The van der Waals surface area contributed by atoms with Crippen LogP contribution in [0.3, 0.4) is 0 Å². The monoisotopic (exact) mass is 228 g/mol. The van der Waals surface area contributed by atoms with Crippen molar-refractivity contribution in [2.45, 2.75) is 45.2 Å². The van der Waals surface area contributed by atoms with Crippen molar-refractivity contribution in [2.24, 2.45) is 11.7 Å². The van der Waals surface area contributed by atoms with Gasteiger partial charge in [0.25, 0.3) is 0 Å². The van der Waals surface area contributed by atoms with E-state index >= 15 is 0 Å². The zero-order valence-corrected chi connectivity index (χ0v) is 10.6. The number of nitrogens with zero attached hydrogens (tertiary/aromatic N) is 1. The molecule has 3 atom stereocenters. The number of esters is 1. The number of hydrogen-bond donors (Lipinski definition) is 1. The van der Waals surface area contributed by atoms with Gasteiger partial charge in [0.05, 0.1) is 6.61 Å². The standard InChI is InChI=1S/C12H24N2O2/c1-4-16-12(15)9(2)14(3)11-7-5-6-10(11)8-13/h9-11H,4-8,13H2,1-3H3. The zero-order valence-electron chi connectivity index (χ0n) is 10.6. The summed E-state index contributed by atoms with van der Waals surface area (Å²) in [6.45, 7) is 4.90. The molecule has 0 aromatic carbocycles. The van der Waals surface area contributed by atoms with Gasteiger partial charge in [-0.15, -0.1) is 0 Å². The molecule has 0 amide bonds. The molecule has 0 aromatic heterocycles. The molecule has 1 aliphatic carbocycles. The maximum Gasteiger partial charge on any atom is 0.323 e. The third kappa shape index (κ3) is 2.95. The molecule has 1 aliphatic rings. The average molecular weight is 228 g/mol. The highest BCUT2D eigenvalue weighted by molar-refractivity contribution is 5.75. The van der Waals surface area contributed by atoms with Crippen LogP contribution >= 0.6 is 0 Å². The van der Waals surface area contributed by atoms with Crippen LogP contribution in [0.5, 0.6) is 0 Å². The molecule has 0 saturated heterocycles. The number of likely N-dealkylation sites (N-methyl/N-ethyl adjacent to an activating group) is 1. The molecular formula is C12H24N2O2. The van der Waals surface area contributed by atoms with Crippen molar-refractivity contribution >= 4 is 5.97 Å². The van der Waals surface area contributed by atoms with E-state index < -0.39 is 0 Å². The van der Waals surface area contributed by atoms with Crippen LogP contribution in [0, 0.1) is 5.92 Å². The van der Waals surface area contributed by atoms with Crippen molar-refractivity contribution in [3.8, 4) is 0 Å². The molecule has 0 aliphatic heterocycles. The average Bonchev–Trinajstić information content (AvgIpc) is 2.75. The van der Waals surface area contributed by atoms with Gasteiger partial charge in [0, 0.05) is 6.04 Å². The molecule has 4 nitrogen and oxygen atoms in total. The summed E-state index contributed by atoms with van der Waals surface area (Å²) in [5, 5.41) is 0. The lowest BCUT2D eigenvalue weighted by Crippen LogP contribution is -2.46. The lowest BCUT2D eigenvalue weighted by molar-refractivity contribution is -0.149. The summed E-state index contributed by atoms with van der Waals surface area (Å²) in [4.78, 5) is 13.8. The molecule has 1 rings (SSSR count). The number of carbonyl (C=O) groups is 1. The summed E-state index contributed by atoms with van der Waals surface area (Å²) in [5.74, 6) is 0.398. The number of rotatable bonds is 5. The molecule has 0 radical (unpaired) electrons. The van der Waals surface area contributed by atoms with Crippen LogP contribution in [0.25, 0.3) is 0 Å². The Labute approximate surface area is 98.1 Å². The number of carbonyl (C=O) groups excluding carboxylic acids is 1. The van der Waals surface area contributed by atoms with Gasteiger partial charge < -0.3 is 10.5 Å². The predicted molar refractivity (Wildman–Crippen MR) is 64.0 cm³/mol. The summed E-state index contributed by atoms with van der Waals surface area (Å²) in [6.07, 6.45) is 3.54. The van der Waals surface area contributed by atoms with Gasteiger partial charge in [-0.2, -0.15) is 0 Å². The van der Waals surface area contributed by atoms with Crippen molar-refractivity contribution in [3.63, 3.8) is 0 Å². The minimum absolute atomic E-state index is 0.132. The summed E-state index contributed by atoms with van der Waals surface area (Å²) >= 11 is 0. The molecule has 1 fully saturated rings. The fourth-order valence-electron chi connectivity index (χ4n) is 2.54. The lowest BCUT2D eigenvalue weighted by atomic mass is 10.0. The molecule has 4 heteroatoms. The van der Waals surface area contributed by atoms with E-state index in [-0.39, 0.29) is 12.0 Å². The van der Waals surface area contributed by atoms with Gasteiger partial charge in [0.1, 0.15) is 6.04 Å². The second kappa shape index (κ2) is 6.21. The van der Waals surface area contributed by atoms with E-state index in [0.717, 1.165) is 6.42 Å². The highest BCUT2D eigenvalue weighted by Crippen LogP contribution is 2.29. The Morgan fingerprint density at radius 1 is 1.56 bits per heavy atom. The first-order chi connectivity index (χ1) is 7.61. The molecule has 3 unspecified atom stereocenters. The quantitative estimate of drug-likeness (QED) is 0.713. The Morgan fingerprint density at radius 3 is 2.81 bits per heavy atom. The van der Waals surface area contributed by atoms with Crippen LogP contribution < -0.4 is 5.73 Å². The van der Waals surface area contributed by atoms with E-state index in [1.807, 2.05) is 20.9 Å². The van der Waals surface area contributed by atoms with E-state index in [9.17, 15) is 4.79 Å². The number of hydrogen-bond acceptors (Lipinski definition) is 4. The largest absolute Gasteiger partial charge is 0.465 e. The maximum atomic E-state index is 11.6. The minimum atomic E-state index is -0.169. The third-order valence-electron chi connectivity index (χ3n) is 3.68. The van der Waals surface area contributed by atoms with E-state index in [4.69, 9.17) is 10.5 Å². The smallest absolute Gasteiger partial charge is 0.323 e. The van der Waals surface area contributed by atoms with Gasteiger partial charge in [-0.1, -0.05) is 6.42 Å². The molecule has 94 valence electrons. The normalized spacial score (nSPS) is 27.1. The first-order valence-corrected chi connectivity index (χ1v) is 6.20. The Kier molecular flexibility index (Phi) is 5.22. The highest BCUT2D eigenvalue weighted by atomic mass is 16.5. The van der Waals surface area contributed by atoms with Gasteiger partial charge in [-0.25, -0.2) is 0 Å². The minimum Gasteiger partial charge on any atom is -0.465 e. The van der Waals surface area contributed by atoms with E-state index in [2.05, 4.69) is 4.90 Å². The van der Waals surface area contributed by atoms with Crippen molar-refractivity contribution in [2.75, 3.05) is 20.2 Å². The molecule has 0 heterocycles. The second-order valence-corrected chi connectivity index (χ2v) is 4.59. The van der Waals surface area contributed by atoms with Gasteiger partial charge >= 0.3 is 5.97 Å². The molecule has 0 aromatic rings. The van der Waals surface area contributed by atoms with Crippen molar-refractivity contribution in [1.29, 1.82) is 0 Å². The van der Waals surface area contributed by atoms with Crippen LogP contribution in [-0.4, -0.2) is 43.2 Å². The molecule has 0 spiro atoms. The molecule has 16 heavy (non-hydrogen) atoms. The third-order valence-corrected chi connectivity index (χ3v) is 3.68. The van der Waals surface area contributed by atoms with Crippen molar-refractivity contribution in [3.05, 3.63) is 0 Å². The SMILES string of the molecule is CCOC(=O)C(C)N(C)C1CCCC1CN. The summed E-state index contributed by atoms with van der Waals surface area (Å²) < 4.78 is 5.04. The van der Waals surface area contributed by atoms with Crippen LogP contribution in [0.15, 0.2) is 0 Å². The Hall–Kier alpha value is -0.610. The summed E-state index contributed by atoms with van der Waals surface area (Å²) in [5.41, 5.74) is 5.75. The van der Waals surface area contributed by atoms with Crippen LogP contribution in [-0.2, 0) is 9.53 Å². The van der Waals surface area contributed by atoms with E-state index in [0.29, 0.717) is 25.1 Å². The Morgan fingerprint density at radius 2 is 2.25 bits per heavy atom. The first-order valence-electron chi connectivity index (χ1n) is 6.20. The Balaban J connectivity index is 2.55. The summed E-state index contributed by atoms with van der Waals surface area (Å²) in [7, 11) is 2.00. The molecule has 0 bridgehead atoms. The van der Waals surface area contributed by atoms with Gasteiger partial charge in [0.2, 0.25) is 0 Å². The number of nitrogens with two attached hydrogens (primary N) is 1. The van der Waals surface area contributed by atoms with Crippen LogP contribution in [0.4, 0.5) is 0 Å². The number of ether oxygens (including phenoxy) is 1. The first kappa shape index (κ1) is 13.5. The van der Waals surface area contributed by atoms with Gasteiger partial charge in [-0.3, -0.25) is 9.69 Å². The lowest BCUT2D eigenvalue weighted by Gasteiger charge is -2.32. The molecular weight excluding hydrogens is 204 g/mol. The zero-order chi connectivity index (χ0) is 12.1. The van der Waals surface area contributed by atoms with Gasteiger partial charge in [0.15, 0.2) is 0 Å². The molecule has 1 saturated carbocycles. The maximum absolute atomic E-state index is 11.6. The van der Waals surface area contributed by atoms with E-state index in [1.165, 1.54) is 12.8 Å². The van der Waals surface area contributed by atoms with Crippen LogP contribution in [0.1, 0.15) is 33.1 Å². The van der Waals surface area contributed by atoms with Crippen molar-refractivity contribution in [1.82, 2.24) is 4.90 Å². The highest BCUT2D eigenvalue weighted by Gasteiger charge is 2.33. The van der Waals surface area contributed by atoms with Crippen molar-refractivity contribution < 1.29 is 9.53 Å².